The third-order valence-electron chi connectivity index (χ3n) is 4.81. The van der Waals surface area contributed by atoms with Gasteiger partial charge in [-0.15, -0.1) is 0 Å². The Kier molecular flexibility index (Phi) is 8.36. The number of amides is 1. The molecule has 32 heavy (non-hydrogen) atoms. The van der Waals surface area contributed by atoms with Gasteiger partial charge in [-0.25, -0.2) is 8.42 Å². The molecule has 0 aliphatic rings. The molecule has 5 nitrogen and oxygen atoms in total. The molecule has 9 heteroatoms. The van der Waals surface area contributed by atoms with Gasteiger partial charge >= 0.3 is 0 Å². The molecule has 0 aromatic heterocycles. The molecule has 0 saturated carbocycles. The molecule has 0 radical (unpaired) electrons. The SMILES string of the molecule is C[C@@H](NC(=O)[C@H](Cc1ccccc1)NS(=O)(=O)c1cc(Cl)ccc1Cl)c1ccc(Br)cc1. The van der Waals surface area contributed by atoms with E-state index in [1.54, 1.807) is 0 Å². The lowest BCUT2D eigenvalue weighted by atomic mass is 10.0. The van der Waals surface area contributed by atoms with Crippen LogP contribution in [0.1, 0.15) is 24.1 Å². The summed E-state index contributed by atoms with van der Waals surface area (Å²) in [6, 6.07) is 19.5. The first-order valence-corrected chi connectivity index (χ1v) is 12.8. The minimum Gasteiger partial charge on any atom is -0.348 e. The van der Waals surface area contributed by atoms with Gasteiger partial charge in [0.15, 0.2) is 0 Å². The number of carbonyl (C=O) groups excluding carboxylic acids is 1. The summed E-state index contributed by atoms with van der Waals surface area (Å²) in [5.41, 5.74) is 1.70. The summed E-state index contributed by atoms with van der Waals surface area (Å²) in [6.45, 7) is 1.84. The van der Waals surface area contributed by atoms with Gasteiger partial charge in [-0.2, -0.15) is 4.72 Å². The summed E-state index contributed by atoms with van der Waals surface area (Å²) in [5, 5.41) is 3.14. The van der Waals surface area contributed by atoms with E-state index < -0.39 is 22.0 Å². The van der Waals surface area contributed by atoms with Crippen molar-refractivity contribution < 1.29 is 13.2 Å². The Morgan fingerprint density at radius 1 is 1.00 bits per heavy atom. The summed E-state index contributed by atoms with van der Waals surface area (Å²) in [5.74, 6) is -0.453. The first kappa shape index (κ1) is 24.7. The van der Waals surface area contributed by atoms with Gasteiger partial charge in [-0.3, -0.25) is 4.79 Å². The van der Waals surface area contributed by atoms with Crippen molar-refractivity contribution in [2.75, 3.05) is 0 Å². The van der Waals surface area contributed by atoms with E-state index in [0.29, 0.717) is 0 Å². The first-order chi connectivity index (χ1) is 15.2. The van der Waals surface area contributed by atoms with Crippen LogP contribution in [-0.4, -0.2) is 20.4 Å². The van der Waals surface area contributed by atoms with Crippen molar-refractivity contribution in [1.82, 2.24) is 10.0 Å². The minimum atomic E-state index is -4.12. The number of benzene rings is 3. The van der Waals surface area contributed by atoms with E-state index >= 15 is 0 Å². The van der Waals surface area contributed by atoms with Crippen LogP contribution in [0.3, 0.4) is 0 Å². The zero-order chi connectivity index (χ0) is 23.3. The van der Waals surface area contributed by atoms with E-state index in [0.717, 1.165) is 15.6 Å². The zero-order valence-corrected chi connectivity index (χ0v) is 21.0. The quantitative estimate of drug-likeness (QED) is 0.384. The molecule has 168 valence electrons. The molecule has 3 aromatic rings. The number of rotatable bonds is 8. The normalized spacial score (nSPS) is 13.4. The average Bonchev–Trinajstić information content (AvgIpc) is 2.76. The van der Waals surface area contributed by atoms with Gasteiger partial charge in [-0.05, 0) is 54.8 Å². The predicted octanol–water partition coefficient (Wildman–Crippen LogP) is 5.52. The number of hydrogen-bond acceptors (Lipinski definition) is 3. The molecule has 0 unspecified atom stereocenters. The highest BCUT2D eigenvalue weighted by Crippen LogP contribution is 2.25. The van der Waals surface area contributed by atoms with Crippen molar-refractivity contribution in [1.29, 1.82) is 0 Å². The monoisotopic (exact) mass is 554 g/mol. The van der Waals surface area contributed by atoms with Crippen LogP contribution in [0.4, 0.5) is 0 Å². The van der Waals surface area contributed by atoms with Crippen molar-refractivity contribution in [2.24, 2.45) is 0 Å². The molecule has 2 atom stereocenters. The highest BCUT2D eigenvalue weighted by Gasteiger charge is 2.28. The van der Waals surface area contributed by atoms with Crippen molar-refractivity contribution in [3.8, 4) is 0 Å². The van der Waals surface area contributed by atoms with Crippen molar-refractivity contribution >= 4 is 55.1 Å². The Balaban J connectivity index is 1.86. The second-order valence-electron chi connectivity index (χ2n) is 7.22. The van der Waals surface area contributed by atoms with Gasteiger partial charge in [0, 0.05) is 9.50 Å². The van der Waals surface area contributed by atoms with Crippen LogP contribution in [-0.2, 0) is 21.2 Å². The van der Waals surface area contributed by atoms with Gasteiger partial charge < -0.3 is 5.32 Å². The van der Waals surface area contributed by atoms with Gasteiger partial charge in [0.25, 0.3) is 0 Å². The Bertz CT molecular complexity index is 1190. The largest absolute Gasteiger partial charge is 0.348 e. The Morgan fingerprint density at radius 3 is 2.31 bits per heavy atom. The maximum absolute atomic E-state index is 13.2. The van der Waals surface area contributed by atoms with Crippen LogP contribution in [0.2, 0.25) is 10.0 Å². The summed E-state index contributed by atoms with van der Waals surface area (Å²) in [6.07, 6.45) is 0.164. The second-order valence-corrected chi connectivity index (χ2v) is 10.7. The van der Waals surface area contributed by atoms with Crippen molar-refractivity contribution in [3.63, 3.8) is 0 Å². The fourth-order valence-electron chi connectivity index (χ4n) is 3.12. The topological polar surface area (TPSA) is 75.3 Å². The van der Waals surface area contributed by atoms with Crippen LogP contribution in [0.25, 0.3) is 0 Å². The third kappa shape index (κ3) is 6.56. The highest BCUT2D eigenvalue weighted by molar-refractivity contribution is 9.10. The van der Waals surface area contributed by atoms with Gasteiger partial charge in [0.05, 0.1) is 11.1 Å². The van der Waals surface area contributed by atoms with Gasteiger partial charge in [-0.1, -0.05) is 81.6 Å². The van der Waals surface area contributed by atoms with Crippen LogP contribution in [0.5, 0.6) is 0 Å². The summed E-state index contributed by atoms with van der Waals surface area (Å²) >= 11 is 15.5. The van der Waals surface area contributed by atoms with Crippen LogP contribution in [0, 0.1) is 0 Å². The Labute approximate surface area is 206 Å². The number of sulfonamides is 1. The molecule has 0 bridgehead atoms. The third-order valence-corrected chi connectivity index (χ3v) is 7.53. The number of nitrogens with one attached hydrogen (secondary N) is 2. The van der Waals surface area contributed by atoms with Crippen LogP contribution < -0.4 is 10.0 Å². The maximum Gasteiger partial charge on any atom is 0.242 e. The molecule has 3 aromatic carbocycles. The fourth-order valence-corrected chi connectivity index (χ4v) is 5.34. The van der Waals surface area contributed by atoms with Crippen LogP contribution in [0.15, 0.2) is 82.2 Å². The highest BCUT2D eigenvalue weighted by atomic mass is 79.9. The van der Waals surface area contributed by atoms with E-state index in [2.05, 4.69) is 26.0 Å². The summed E-state index contributed by atoms with van der Waals surface area (Å²) in [7, 11) is -4.12. The van der Waals surface area contributed by atoms with E-state index in [9.17, 15) is 13.2 Å². The molecular formula is C23H21BrCl2N2O3S. The number of carbonyl (C=O) groups is 1. The molecule has 0 fully saturated rings. The molecule has 0 aliphatic heterocycles. The average molecular weight is 556 g/mol. The fraction of sp³-hybridized carbons (Fsp3) is 0.174. The Morgan fingerprint density at radius 2 is 1.66 bits per heavy atom. The minimum absolute atomic E-state index is 0.0176. The van der Waals surface area contributed by atoms with E-state index in [-0.39, 0.29) is 27.4 Å². The standard InChI is InChI=1S/C23H21BrCl2N2O3S/c1-15(17-7-9-18(24)10-8-17)27-23(29)21(13-16-5-3-2-4-6-16)28-32(30,31)22-14-19(25)11-12-20(22)26/h2-12,14-15,21,28H,13H2,1H3,(H,27,29)/t15-,21+/m1/s1. The molecular weight excluding hydrogens is 535 g/mol. The van der Waals surface area contributed by atoms with Gasteiger partial charge in [0.1, 0.15) is 10.9 Å². The maximum atomic E-state index is 13.2. The molecule has 0 saturated heterocycles. The van der Waals surface area contributed by atoms with E-state index in [1.807, 2.05) is 61.5 Å². The molecule has 3 rings (SSSR count). The van der Waals surface area contributed by atoms with Gasteiger partial charge in [0.2, 0.25) is 15.9 Å². The molecule has 0 aliphatic carbocycles. The number of halogens is 3. The van der Waals surface area contributed by atoms with E-state index in [4.69, 9.17) is 23.2 Å². The predicted molar refractivity (Wildman–Crippen MR) is 131 cm³/mol. The lowest BCUT2D eigenvalue weighted by Crippen LogP contribution is -2.48. The molecule has 1 amide bonds. The zero-order valence-electron chi connectivity index (χ0n) is 17.1. The Hall–Kier alpha value is -1.90. The smallest absolute Gasteiger partial charge is 0.242 e. The lowest BCUT2D eigenvalue weighted by Gasteiger charge is -2.22. The van der Waals surface area contributed by atoms with Crippen molar-refractivity contribution in [2.45, 2.75) is 30.3 Å². The summed E-state index contributed by atoms with van der Waals surface area (Å²) < 4.78 is 29.6. The first-order valence-electron chi connectivity index (χ1n) is 9.73. The molecule has 0 heterocycles. The van der Waals surface area contributed by atoms with E-state index in [1.165, 1.54) is 18.2 Å². The summed E-state index contributed by atoms with van der Waals surface area (Å²) in [4.78, 5) is 13.0. The van der Waals surface area contributed by atoms with Crippen LogP contribution >= 0.6 is 39.1 Å². The number of hydrogen-bond donors (Lipinski definition) is 2. The molecule has 2 N–H and O–H groups in total. The van der Waals surface area contributed by atoms with Crippen molar-refractivity contribution in [3.05, 3.63) is 98.4 Å². The molecule has 0 spiro atoms. The second kappa shape index (κ2) is 10.8. The lowest BCUT2D eigenvalue weighted by molar-refractivity contribution is -0.123.